The van der Waals surface area contributed by atoms with Crippen molar-refractivity contribution >= 4 is 76.2 Å². The van der Waals surface area contributed by atoms with Crippen molar-refractivity contribution in [3.63, 3.8) is 0 Å². The Balaban J connectivity index is 1.08. The van der Waals surface area contributed by atoms with Crippen LogP contribution in [-0.4, -0.2) is 0 Å². The SMILES string of the molecule is c1ccc2c(c1)oc1ccc(-c3ccc(-c4c5ccccc5c(-c5ccc6c(ccc7oc8ccccc8c76)c5)c5ccccc45)cc3)cc12. The number of fused-ring (bicyclic) bond motifs is 10. The highest BCUT2D eigenvalue weighted by Gasteiger charge is 2.18. The lowest BCUT2D eigenvalue weighted by Gasteiger charge is -2.18. The molecule has 11 rings (SSSR count). The van der Waals surface area contributed by atoms with E-state index < -0.39 is 0 Å². The van der Waals surface area contributed by atoms with E-state index in [0.29, 0.717) is 0 Å². The maximum Gasteiger partial charge on any atom is 0.136 e. The van der Waals surface area contributed by atoms with Crippen LogP contribution in [0.15, 0.2) is 179 Å². The van der Waals surface area contributed by atoms with Crippen LogP contribution in [0.5, 0.6) is 0 Å². The monoisotopic (exact) mass is 636 g/mol. The van der Waals surface area contributed by atoms with E-state index >= 15 is 0 Å². The van der Waals surface area contributed by atoms with E-state index in [2.05, 4.69) is 146 Å². The van der Waals surface area contributed by atoms with Gasteiger partial charge in [0.1, 0.15) is 22.3 Å². The van der Waals surface area contributed by atoms with Crippen molar-refractivity contribution in [2.75, 3.05) is 0 Å². The van der Waals surface area contributed by atoms with Crippen LogP contribution in [0.2, 0.25) is 0 Å². The fourth-order valence-corrected chi connectivity index (χ4v) is 8.19. The summed E-state index contributed by atoms with van der Waals surface area (Å²) >= 11 is 0. The molecule has 2 nitrogen and oxygen atoms in total. The van der Waals surface area contributed by atoms with Gasteiger partial charge in [0.15, 0.2) is 0 Å². The van der Waals surface area contributed by atoms with E-state index in [1.54, 1.807) is 0 Å². The maximum atomic E-state index is 6.20. The maximum absolute atomic E-state index is 6.20. The average molecular weight is 637 g/mol. The van der Waals surface area contributed by atoms with Gasteiger partial charge in [0.05, 0.1) is 0 Å². The standard InChI is InChI=1S/C48H28O2/c1-3-12-38-36(10-1)46(30-19-17-29(18-20-30)31-22-25-44-41(28-31)35-9-5-7-15-42(35)49-44)37-11-2-4-13-39(37)47(38)33-21-24-34-32(27-33)23-26-45-48(34)40-14-6-8-16-43(40)50-45/h1-28H. The van der Waals surface area contributed by atoms with Crippen molar-refractivity contribution in [3.8, 4) is 33.4 Å². The fraction of sp³-hybridized carbons (Fsp3) is 0. The highest BCUT2D eigenvalue weighted by Crippen LogP contribution is 2.45. The van der Waals surface area contributed by atoms with Crippen molar-refractivity contribution < 1.29 is 8.83 Å². The van der Waals surface area contributed by atoms with Crippen molar-refractivity contribution in [1.29, 1.82) is 0 Å². The minimum atomic E-state index is 0.916. The molecule has 0 saturated heterocycles. The minimum absolute atomic E-state index is 0.916. The van der Waals surface area contributed by atoms with Crippen molar-refractivity contribution in [2.24, 2.45) is 0 Å². The molecule has 2 heteroatoms. The first-order valence-electron chi connectivity index (χ1n) is 17.1. The summed E-state index contributed by atoms with van der Waals surface area (Å²) in [5.41, 5.74) is 11.0. The molecule has 2 heterocycles. The van der Waals surface area contributed by atoms with Crippen molar-refractivity contribution in [2.45, 2.75) is 0 Å². The first kappa shape index (κ1) is 27.3. The summed E-state index contributed by atoms with van der Waals surface area (Å²) in [7, 11) is 0. The van der Waals surface area contributed by atoms with Gasteiger partial charge in [0, 0.05) is 21.5 Å². The number of furan rings is 2. The first-order chi connectivity index (χ1) is 24.8. The van der Waals surface area contributed by atoms with Crippen LogP contribution in [0.4, 0.5) is 0 Å². The molecule has 50 heavy (non-hydrogen) atoms. The van der Waals surface area contributed by atoms with Crippen LogP contribution in [0, 0.1) is 0 Å². The van der Waals surface area contributed by atoms with Gasteiger partial charge in [-0.1, -0.05) is 133 Å². The molecule has 0 amide bonds. The van der Waals surface area contributed by atoms with Gasteiger partial charge in [0.25, 0.3) is 0 Å². The van der Waals surface area contributed by atoms with E-state index in [9.17, 15) is 0 Å². The largest absolute Gasteiger partial charge is 0.456 e. The number of hydrogen-bond donors (Lipinski definition) is 0. The molecule has 2 aromatic heterocycles. The highest BCUT2D eigenvalue weighted by atomic mass is 16.3. The van der Waals surface area contributed by atoms with Crippen LogP contribution < -0.4 is 0 Å². The molecule has 9 aromatic carbocycles. The number of rotatable bonds is 3. The van der Waals surface area contributed by atoms with Crippen molar-refractivity contribution in [3.05, 3.63) is 170 Å². The molecule has 232 valence electrons. The summed E-state index contributed by atoms with van der Waals surface area (Å²) in [5.74, 6) is 0. The Kier molecular flexibility index (Phi) is 5.70. The molecule has 11 aromatic rings. The lowest BCUT2D eigenvalue weighted by atomic mass is 9.85. The number of hydrogen-bond acceptors (Lipinski definition) is 2. The van der Waals surface area contributed by atoms with Crippen LogP contribution in [-0.2, 0) is 0 Å². The summed E-state index contributed by atoms with van der Waals surface area (Å²) in [5, 5.41) is 12.0. The fourth-order valence-electron chi connectivity index (χ4n) is 8.19. The zero-order valence-electron chi connectivity index (χ0n) is 27.0. The molecule has 0 N–H and O–H groups in total. The van der Waals surface area contributed by atoms with Gasteiger partial charge in [-0.25, -0.2) is 0 Å². The Bertz CT molecular complexity index is 3080. The Morgan fingerprint density at radius 3 is 1.44 bits per heavy atom. The van der Waals surface area contributed by atoms with Crippen LogP contribution >= 0.6 is 0 Å². The van der Waals surface area contributed by atoms with E-state index in [4.69, 9.17) is 8.83 Å². The lowest BCUT2D eigenvalue weighted by Crippen LogP contribution is -1.91. The second-order valence-corrected chi connectivity index (χ2v) is 13.2. The zero-order chi connectivity index (χ0) is 32.8. The van der Waals surface area contributed by atoms with Gasteiger partial charge in [0.2, 0.25) is 0 Å². The summed E-state index contributed by atoms with van der Waals surface area (Å²) in [6.07, 6.45) is 0. The Hall–Kier alpha value is -6.64. The third-order valence-corrected chi connectivity index (χ3v) is 10.5. The molecular weight excluding hydrogens is 609 g/mol. The second-order valence-electron chi connectivity index (χ2n) is 13.2. The lowest BCUT2D eigenvalue weighted by molar-refractivity contribution is 0.668. The second kappa shape index (κ2) is 10.4. The summed E-state index contributed by atoms with van der Waals surface area (Å²) in [6, 6.07) is 61.0. The van der Waals surface area contributed by atoms with E-state index in [-0.39, 0.29) is 0 Å². The molecule has 0 atom stereocenters. The molecule has 0 radical (unpaired) electrons. The van der Waals surface area contributed by atoms with Crippen LogP contribution in [0.1, 0.15) is 0 Å². The molecule has 0 fully saturated rings. The third kappa shape index (κ3) is 3.96. The van der Waals surface area contributed by atoms with Crippen LogP contribution in [0.3, 0.4) is 0 Å². The molecule has 0 saturated carbocycles. The van der Waals surface area contributed by atoms with E-state index in [1.165, 1.54) is 71.1 Å². The summed E-state index contributed by atoms with van der Waals surface area (Å²) in [4.78, 5) is 0. The topological polar surface area (TPSA) is 26.3 Å². The summed E-state index contributed by atoms with van der Waals surface area (Å²) in [6.45, 7) is 0. The highest BCUT2D eigenvalue weighted by molar-refractivity contribution is 6.23. The molecule has 0 unspecified atom stereocenters. The molecule has 0 bridgehead atoms. The molecule has 0 aliphatic rings. The summed E-state index contributed by atoms with van der Waals surface area (Å²) < 4.78 is 12.3. The van der Waals surface area contributed by atoms with Gasteiger partial charge in [-0.05, 0) is 102 Å². The third-order valence-electron chi connectivity index (χ3n) is 10.5. The van der Waals surface area contributed by atoms with Crippen LogP contribution in [0.25, 0.3) is 110 Å². The number of para-hydroxylation sites is 2. The Morgan fingerprint density at radius 2 is 0.740 bits per heavy atom. The average Bonchev–Trinajstić information content (AvgIpc) is 3.75. The van der Waals surface area contributed by atoms with Gasteiger partial charge < -0.3 is 8.83 Å². The molecule has 0 spiro atoms. The zero-order valence-corrected chi connectivity index (χ0v) is 27.0. The molecule has 0 aliphatic carbocycles. The molecule has 0 aliphatic heterocycles. The van der Waals surface area contributed by atoms with Crippen molar-refractivity contribution in [1.82, 2.24) is 0 Å². The van der Waals surface area contributed by atoms with E-state index in [0.717, 1.165) is 38.5 Å². The smallest absolute Gasteiger partial charge is 0.136 e. The predicted molar refractivity (Wildman–Crippen MR) is 210 cm³/mol. The minimum Gasteiger partial charge on any atom is -0.456 e. The Labute approximate surface area is 287 Å². The van der Waals surface area contributed by atoms with E-state index in [1.807, 2.05) is 24.3 Å². The normalized spacial score (nSPS) is 12.0. The van der Waals surface area contributed by atoms with Gasteiger partial charge >= 0.3 is 0 Å². The first-order valence-corrected chi connectivity index (χ1v) is 17.1. The quantitative estimate of drug-likeness (QED) is 0.180. The number of benzene rings is 9. The Morgan fingerprint density at radius 1 is 0.260 bits per heavy atom. The van der Waals surface area contributed by atoms with Gasteiger partial charge in [-0.2, -0.15) is 0 Å². The van der Waals surface area contributed by atoms with Gasteiger partial charge in [-0.3, -0.25) is 0 Å². The predicted octanol–water partition coefficient (Wildman–Crippen LogP) is 13.9. The van der Waals surface area contributed by atoms with Gasteiger partial charge in [-0.15, -0.1) is 0 Å². The molecular formula is C48H28O2.